The Morgan fingerprint density at radius 2 is 1.81 bits per heavy atom. The van der Waals surface area contributed by atoms with Crippen molar-refractivity contribution in [3.8, 4) is 0 Å². The van der Waals surface area contributed by atoms with Gasteiger partial charge in [0, 0.05) is 31.9 Å². The molecule has 4 bridgehead atoms. The number of aromatic nitrogens is 2. The Balaban J connectivity index is 1.31. The highest BCUT2D eigenvalue weighted by atomic mass is 32.2. The fourth-order valence-electron chi connectivity index (χ4n) is 7.25. The number of aryl methyl sites for hydroxylation is 2. The van der Waals surface area contributed by atoms with E-state index in [4.69, 9.17) is 0 Å². The molecular formula is C22H35N5O3S. The van der Waals surface area contributed by atoms with Crippen molar-refractivity contribution in [2.45, 2.75) is 77.4 Å². The number of nitrogens with zero attached hydrogens (tertiary/aromatic N) is 3. The van der Waals surface area contributed by atoms with Crippen LogP contribution in [-0.2, 0) is 21.5 Å². The first-order valence-corrected chi connectivity index (χ1v) is 13.2. The third-order valence-corrected chi connectivity index (χ3v) is 9.95. The van der Waals surface area contributed by atoms with Gasteiger partial charge in [-0.15, -0.1) is 0 Å². The van der Waals surface area contributed by atoms with Crippen LogP contribution in [0.4, 0.5) is 0 Å². The van der Waals surface area contributed by atoms with Gasteiger partial charge in [-0.1, -0.05) is 0 Å². The Hall–Kier alpha value is -1.45. The lowest BCUT2D eigenvalue weighted by Crippen LogP contribution is -2.58. The molecule has 9 heteroatoms. The van der Waals surface area contributed by atoms with E-state index in [1.165, 1.54) is 49.9 Å². The average molecular weight is 450 g/mol. The first-order valence-electron chi connectivity index (χ1n) is 11.7. The van der Waals surface area contributed by atoms with Gasteiger partial charge < -0.3 is 5.32 Å². The molecule has 2 unspecified atom stereocenters. The Morgan fingerprint density at radius 1 is 1.19 bits per heavy atom. The van der Waals surface area contributed by atoms with Crippen molar-refractivity contribution in [2.75, 3.05) is 13.6 Å². The quantitative estimate of drug-likeness (QED) is 0.720. The predicted molar refractivity (Wildman–Crippen MR) is 117 cm³/mol. The zero-order chi connectivity index (χ0) is 22.0. The van der Waals surface area contributed by atoms with Crippen LogP contribution in [0, 0.1) is 30.1 Å². The van der Waals surface area contributed by atoms with Crippen LogP contribution in [0.15, 0.2) is 6.20 Å². The summed E-state index contributed by atoms with van der Waals surface area (Å²) in [5, 5.41) is 7.64. The van der Waals surface area contributed by atoms with Gasteiger partial charge in [-0.25, -0.2) is 0 Å². The smallest absolute Gasteiger partial charge is 0.280 e. The Kier molecular flexibility index (Phi) is 5.22. The molecule has 5 aliphatic rings. The van der Waals surface area contributed by atoms with E-state index in [1.54, 1.807) is 4.68 Å². The van der Waals surface area contributed by atoms with Crippen LogP contribution in [0.5, 0.6) is 0 Å². The van der Waals surface area contributed by atoms with Crippen molar-refractivity contribution in [2.24, 2.45) is 23.2 Å². The molecule has 5 fully saturated rings. The van der Waals surface area contributed by atoms with Crippen LogP contribution in [0.1, 0.15) is 69.2 Å². The molecule has 2 atom stereocenters. The van der Waals surface area contributed by atoms with Crippen LogP contribution in [0.3, 0.4) is 0 Å². The van der Waals surface area contributed by atoms with E-state index in [-0.39, 0.29) is 11.3 Å². The Labute approximate surface area is 185 Å². The highest BCUT2D eigenvalue weighted by molar-refractivity contribution is 7.87. The van der Waals surface area contributed by atoms with Crippen LogP contribution in [0.25, 0.3) is 0 Å². The molecular weight excluding hydrogens is 414 g/mol. The summed E-state index contributed by atoms with van der Waals surface area (Å²) in [6, 6.07) is -1.16. The van der Waals surface area contributed by atoms with Gasteiger partial charge in [0.15, 0.2) is 0 Å². The van der Waals surface area contributed by atoms with Gasteiger partial charge in [0.25, 0.3) is 10.2 Å². The number of likely N-dealkylation sites (N-methyl/N-ethyl adjacent to an activating group) is 1. The maximum Gasteiger partial charge on any atom is 0.280 e. The molecule has 1 aromatic heterocycles. The fourth-order valence-corrected chi connectivity index (χ4v) is 8.51. The molecule has 172 valence electrons. The van der Waals surface area contributed by atoms with Gasteiger partial charge >= 0.3 is 0 Å². The van der Waals surface area contributed by atoms with Crippen LogP contribution < -0.4 is 10.0 Å². The van der Waals surface area contributed by atoms with E-state index < -0.39 is 22.3 Å². The van der Waals surface area contributed by atoms with E-state index in [0.717, 1.165) is 35.6 Å². The second-order valence-electron chi connectivity index (χ2n) is 10.6. The summed E-state index contributed by atoms with van der Waals surface area (Å²) in [6.07, 6.45) is 10.1. The fraction of sp³-hybridized carbons (Fsp3) is 0.818. The van der Waals surface area contributed by atoms with Gasteiger partial charge in [0.1, 0.15) is 6.04 Å². The minimum atomic E-state index is -3.75. The monoisotopic (exact) mass is 449 g/mol. The molecule has 8 nitrogen and oxygen atoms in total. The number of carbonyl (C=O) groups is 1. The van der Waals surface area contributed by atoms with Crippen molar-refractivity contribution in [1.29, 1.82) is 0 Å². The molecule has 1 aromatic rings. The van der Waals surface area contributed by atoms with Gasteiger partial charge in [0.2, 0.25) is 5.91 Å². The third-order valence-electron chi connectivity index (χ3n) is 8.36. The predicted octanol–water partition coefficient (Wildman–Crippen LogP) is 2.12. The van der Waals surface area contributed by atoms with E-state index in [1.807, 2.05) is 20.0 Å². The summed E-state index contributed by atoms with van der Waals surface area (Å²) in [7, 11) is -2.25. The molecule has 31 heavy (non-hydrogen) atoms. The van der Waals surface area contributed by atoms with E-state index >= 15 is 0 Å². The average Bonchev–Trinajstić information content (AvgIpc) is 3.08. The first kappa shape index (κ1) is 21.4. The highest BCUT2D eigenvalue weighted by Gasteiger charge is 2.51. The molecule has 4 saturated carbocycles. The zero-order valence-corrected chi connectivity index (χ0v) is 19.6. The minimum absolute atomic E-state index is 0.172. The molecule has 6 rings (SSSR count). The molecule has 2 heterocycles. The van der Waals surface area contributed by atoms with Gasteiger partial charge in [-0.2, -0.15) is 22.5 Å². The number of rotatable bonds is 5. The summed E-state index contributed by atoms with van der Waals surface area (Å²) < 4.78 is 31.3. The topological polar surface area (TPSA) is 96.3 Å². The number of carbonyl (C=O) groups excluding carboxylic acids is 1. The van der Waals surface area contributed by atoms with Gasteiger partial charge in [-0.05, 0) is 82.0 Å². The highest BCUT2D eigenvalue weighted by Crippen LogP contribution is 2.59. The second kappa shape index (κ2) is 7.56. The van der Waals surface area contributed by atoms with Crippen molar-refractivity contribution < 1.29 is 13.2 Å². The van der Waals surface area contributed by atoms with Crippen molar-refractivity contribution in [3.63, 3.8) is 0 Å². The number of nitrogens with one attached hydrogen (secondary N) is 2. The molecule has 0 aromatic carbocycles. The Bertz CT molecular complexity index is 937. The summed E-state index contributed by atoms with van der Waals surface area (Å²) in [5.41, 5.74) is 1.87. The molecule has 1 saturated heterocycles. The largest absolute Gasteiger partial charge is 0.354 e. The number of hydrogen-bond donors (Lipinski definition) is 2. The maximum atomic E-state index is 13.2. The number of amides is 1. The molecule has 2 N–H and O–H groups in total. The van der Waals surface area contributed by atoms with Crippen LogP contribution in [-0.4, -0.2) is 48.0 Å². The van der Waals surface area contributed by atoms with E-state index in [0.29, 0.717) is 13.0 Å². The second-order valence-corrected chi connectivity index (χ2v) is 12.4. The van der Waals surface area contributed by atoms with Crippen LogP contribution >= 0.6 is 0 Å². The van der Waals surface area contributed by atoms with Crippen LogP contribution in [0.2, 0.25) is 0 Å². The molecule has 1 amide bonds. The summed E-state index contributed by atoms with van der Waals surface area (Å²) in [5.74, 6) is 2.31. The first-order chi connectivity index (χ1) is 14.7. The minimum Gasteiger partial charge on any atom is -0.354 e. The Morgan fingerprint density at radius 3 is 2.35 bits per heavy atom. The lowest BCUT2D eigenvalue weighted by molar-refractivity contribution is -0.127. The molecule has 0 radical (unpaired) electrons. The van der Waals surface area contributed by atoms with Crippen molar-refractivity contribution in [1.82, 2.24) is 24.1 Å². The van der Waals surface area contributed by atoms with Gasteiger partial charge in [0.05, 0.1) is 11.7 Å². The maximum absolute atomic E-state index is 13.2. The standard InChI is InChI=1S/C22H35N5O3S/c1-4-27-12-18(14(2)24-27)19-8-20(26(3)31(29,30)25-19)21(28)23-13-22-9-15-5-16(10-22)7-17(6-15)11-22/h12,15-17,19-20,25H,4-11,13H2,1-3H3,(H,23,28). The third kappa shape index (κ3) is 3.82. The van der Waals surface area contributed by atoms with Crippen molar-refractivity contribution >= 4 is 16.1 Å². The van der Waals surface area contributed by atoms with E-state index in [2.05, 4.69) is 15.1 Å². The normalized spacial score (nSPS) is 39.0. The van der Waals surface area contributed by atoms with E-state index in [9.17, 15) is 13.2 Å². The summed E-state index contributed by atoms with van der Waals surface area (Å²) in [4.78, 5) is 13.2. The molecule has 0 spiro atoms. The molecule has 1 aliphatic heterocycles. The SMILES string of the molecule is CCn1cc(C2CC(C(=O)NCC34CC5CC(CC(C5)C3)C4)N(C)S(=O)(=O)N2)c(C)n1. The zero-order valence-electron chi connectivity index (χ0n) is 18.8. The summed E-state index contributed by atoms with van der Waals surface area (Å²) >= 11 is 0. The van der Waals surface area contributed by atoms with Crippen molar-refractivity contribution in [3.05, 3.63) is 17.5 Å². The summed E-state index contributed by atoms with van der Waals surface area (Å²) in [6.45, 7) is 5.28. The number of hydrogen-bond acceptors (Lipinski definition) is 4. The molecule has 4 aliphatic carbocycles. The van der Waals surface area contributed by atoms with Gasteiger partial charge in [-0.3, -0.25) is 9.48 Å². The lowest BCUT2D eigenvalue weighted by atomic mass is 9.49. The lowest BCUT2D eigenvalue weighted by Gasteiger charge is -2.57.